The van der Waals surface area contributed by atoms with Gasteiger partial charge in [-0.25, -0.2) is 9.78 Å². The monoisotopic (exact) mass is 381 g/mol. The fourth-order valence-corrected chi connectivity index (χ4v) is 6.69. The van der Waals surface area contributed by atoms with E-state index in [-0.39, 0.29) is 17.0 Å². The van der Waals surface area contributed by atoms with Gasteiger partial charge in [0.25, 0.3) is 5.91 Å². The van der Waals surface area contributed by atoms with E-state index in [1.165, 1.54) is 38.5 Å². The summed E-state index contributed by atoms with van der Waals surface area (Å²) in [6, 6.07) is 5.28. The van der Waals surface area contributed by atoms with Crippen LogP contribution < -0.4 is 5.32 Å². The Labute approximate surface area is 164 Å². The highest BCUT2D eigenvalue weighted by Gasteiger charge is 2.50. The highest BCUT2D eigenvalue weighted by molar-refractivity contribution is 5.94. The van der Waals surface area contributed by atoms with Crippen LogP contribution in [0.2, 0.25) is 0 Å². The van der Waals surface area contributed by atoms with Crippen molar-refractivity contribution >= 4 is 17.5 Å². The minimum absolute atomic E-state index is 0.0313. The standard InChI is InChI=1S/C22H27N3O3/c1-2-16-19(21(27)28)24-18-5-3-4-17(25(16)18)20(26)23-12-22-9-13-6-14(10-22)8-15(7-13)11-22/h3-5,13-15H,2,6-12H2,1H3,(H,23,26)(H,27,28). The molecular formula is C22H27N3O3. The fourth-order valence-electron chi connectivity index (χ4n) is 6.69. The molecule has 2 aromatic heterocycles. The second-order valence-corrected chi connectivity index (χ2v) is 9.27. The molecule has 2 aromatic rings. The lowest BCUT2D eigenvalue weighted by Crippen LogP contribution is -2.51. The number of imidazole rings is 1. The normalized spacial score (nSPS) is 30.7. The average molecular weight is 381 g/mol. The fraction of sp³-hybridized carbons (Fsp3) is 0.591. The van der Waals surface area contributed by atoms with E-state index in [0.717, 1.165) is 24.3 Å². The number of nitrogens with zero attached hydrogens (tertiary/aromatic N) is 2. The molecule has 2 N–H and O–H groups in total. The minimum atomic E-state index is -1.06. The summed E-state index contributed by atoms with van der Waals surface area (Å²) >= 11 is 0. The van der Waals surface area contributed by atoms with Crippen LogP contribution in [0.3, 0.4) is 0 Å². The molecule has 2 heterocycles. The van der Waals surface area contributed by atoms with Crippen LogP contribution >= 0.6 is 0 Å². The zero-order valence-corrected chi connectivity index (χ0v) is 16.3. The average Bonchev–Trinajstić information content (AvgIpc) is 3.04. The number of carboxylic acids is 1. The van der Waals surface area contributed by atoms with Gasteiger partial charge < -0.3 is 10.4 Å². The van der Waals surface area contributed by atoms with Gasteiger partial charge in [0.2, 0.25) is 0 Å². The summed E-state index contributed by atoms with van der Waals surface area (Å²) in [7, 11) is 0. The predicted octanol–water partition coefficient (Wildman–Crippen LogP) is 3.54. The van der Waals surface area contributed by atoms with Crippen molar-refractivity contribution in [3.63, 3.8) is 0 Å². The molecule has 0 spiro atoms. The van der Waals surface area contributed by atoms with Crippen LogP contribution in [0, 0.1) is 23.2 Å². The Kier molecular flexibility index (Phi) is 4.00. The van der Waals surface area contributed by atoms with Crippen molar-refractivity contribution in [1.82, 2.24) is 14.7 Å². The molecule has 4 bridgehead atoms. The quantitative estimate of drug-likeness (QED) is 0.830. The number of hydrogen-bond acceptors (Lipinski definition) is 3. The third kappa shape index (κ3) is 2.73. The predicted molar refractivity (Wildman–Crippen MR) is 104 cm³/mol. The van der Waals surface area contributed by atoms with Crippen molar-refractivity contribution in [1.29, 1.82) is 0 Å². The zero-order valence-electron chi connectivity index (χ0n) is 16.3. The lowest BCUT2D eigenvalue weighted by atomic mass is 9.49. The number of amides is 1. The first-order chi connectivity index (χ1) is 13.5. The molecule has 28 heavy (non-hydrogen) atoms. The molecule has 4 fully saturated rings. The zero-order chi connectivity index (χ0) is 19.5. The summed E-state index contributed by atoms with van der Waals surface area (Å²) < 4.78 is 1.71. The van der Waals surface area contributed by atoms with E-state index in [1.54, 1.807) is 22.6 Å². The number of aromatic carboxylic acids is 1. The summed E-state index contributed by atoms with van der Waals surface area (Å²) in [5.41, 5.74) is 1.86. The molecule has 6 rings (SSSR count). The van der Waals surface area contributed by atoms with Gasteiger partial charge in [-0.3, -0.25) is 9.20 Å². The Morgan fingerprint density at radius 2 is 1.82 bits per heavy atom. The lowest BCUT2D eigenvalue weighted by Gasteiger charge is -2.56. The Balaban J connectivity index is 1.41. The minimum Gasteiger partial charge on any atom is -0.476 e. The highest BCUT2D eigenvalue weighted by Crippen LogP contribution is 2.59. The molecular weight excluding hydrogens is 354 g/mol. The van der Waals surface area contributed by atoms with Crippen molar-refractivity contribution in [3.8, 4) is 0 Å². The van der Waals surface area contributed by atoms with Gasteiger partial charge in [-0.05, 0) is 80.2 Å². The van der Waals surface area contributed by atoms with Crippen LogP contribution in [0.1, 0.15) is 72.1 Å². The Morgan fingerprint density at radius 1 is 1.18 bits per heavy atom. The molecule has 1 amide bonds. The van der Waals surface area contributed by atoms with Gasteiger partial charge in [0.15, 0.2) is 5.69 Å². The number of rotatable bonds is 5. The van der Waals surface area contributed by atoms with E-state index < -0.39 is 5.97 Å². The van der Waals surface area contributed by atoms with Gasteiger partial charge in [-0.2, -0.15) is 0 Å². The van der Waals surface area contributed by atoms with Crippen LogP contribution in [0.25, 0.3) is 5.65 Å². The van der Waals surface area contributed by atoms with E-state index in [0.29, 0.717) is 23.5 Å². The molecule has 4 aliphatic carbocycles. The number of carbonyl (C=O) groups excluding carboxylic acids is 1. The molecule has 4 aliphatic rings. The number of fused-ring (bicyclic) bond motifs is 1. The molecule has 0 aromatic carbocycles. The summed E-state index contributed by atoms with van der Waals surface area (Å²) in [6.45, 7) is 2.62. The van der Waals surface area contributed by atoms with Crippen molar-refractivity contribution in [2.75, 3.05) is 6.54 Å². The van der Waals surface area contributed by atoms with Gasteiger partial charge in [-0.1, -0.05) is 13.0 Å². The molecule has 4 saturated carbocycles. The maximum Gasteiger partial charge on any atom is 0.356 e. The molecule has 6 heteroatoms. The number of hydrogen-bond donors (Lipinski definition) is 2. The summed E-state index contributed by atoms with van der Waals surface area (Å²) in [6.07, 6.45) is 8.41. The van der Waals surface area contributed by atoms with Crippen molar-refractivity contribution in [2.45, 2.75) is 51.9 Å². The lowest BCUT2D eigenvalue weighted by molar-refractivity contribution is -0.0503. The second kappa shape index (κ2) is 6.33. The number of nitrogens with one attached hydrogen (secondary N) is 1. The maximum absolute atomic E-state index is 13.1. The van der Waals surface area contributed by atoms with Crippen LogP contribution in [0.4, 0.5) is 0 Å². The van der Waals surface area contributed by atoms with Gasteiger partial charge in [-0.15, -0.1) is 0 Å². The summed E-state index contributed by atoms with van der Waals surface area (Å²) in [4.78, 5) is 28.9. The van der Waals surface area contributed by atoms with E-state index in [2.05, 4.69) is 10.3 Å². The molecule has 0 aliphatic heterocycles. The van der Waals surface area contributed by atoms with Crippen molar-refractivity contribution in [2.24, 2.45) is 23.2 Å². The molecule has 148 valence electrons. The second-order valence-electron chi connectivity index (χ2n) is 9.27. The van der Waals surface area contributed by atoms with Crippen LogP contribution in [-0.4, -0.2) is 32.9 Å². The molecule has 0 radical (unpaired) electrons. The Morgan fingerprint density at radius 3 is 2.39 bits per heavy atom. The topological polar surface area (TPSA) is 83.7 Å². The SMILES string of the molecule is CCc1c(C(=O)O)nc2cccc(C(=O)NCC34CC5CC(CC(C5)C3)C4)n12. The maximum atomic E-state index is 13.1. The van der Waals surface area contributed by atoms with Crippen LogP contribution in [-0.2, 0) is 6.42 Å². The Bertz CT molecular complexity index is 926. The summed E-state index contributed by atoms with van der Waals surface area (Å²) in [5, 5.41) is 12.7. The number of aromatic nitrogens is 2. The highest BCUT2D eigenvalue weighted by atomic mass is 16.4. The molecule has 0 saturated heterocycles. The first kappa shape index (κ1) is 17.7. The number of aryl methyl sites for hydroxylation is 1. The third-order valence-electron chi connectivity index (χ3n) is 7.30. The number of carbonyl (C=O) groups is 2. The van der Waals surface area contributed by atoms with E-state index >= 15 is 0 Å². The van der Waals surface area contributed by atoms with Gasteiger partial charge in [0, 0.05) is 6.54 Å². The largest absolute Gasteiger partial charge is 0.476 e. The summed E-state index contributed by atoms with van der Waals surface area (Å²) in [5.74, 6) is 1.37. The van der Waals surface area contributed by atoms with Gasteiger partial charge in [0.1, 0.15) is 11.3 Å². The van der Waals surface area contributed by atoms with Crippen molar-refractivity contribution in [3.05, 3.63) is 35.3 Å². The van der Waals surface area contributed by atoms with Crippen molar-refractivity contribution < 1.29 is 14.7 Å². The number of carboxylic acid groups (broad SMARTS) is 1. The third-order valence-corrected chi connectivity index (χ3v) is 7.30. The van der Waals surface area contributed by atoms with E-state index in [9.17, 15) is 14.7 Å². The first-order valence-corrected chi connectivity index (χ1v) is 10.5. The number of pyridine rings is 1. The van der Waals surface area contributed by atoms with Crippen LogP contribution in [0.15, 0.2) is 18.2 Å². The Hall–Kier alpha value is -2.37. The van der Waals surface area contributed by atoms with Gasteiger partial charge >= 0.3 is 5.97 Å². The van der Waals surface area contributed by atoms with Crippen LogP contribution in [0.5, 0.6) is 0 Å². The van der Waals surface area contributed by atoms with E-state index in [4.69, 9.17) is 0 Å². The van der Waals surface area contributed by atoms with Gasteiger partial charge in [0.05, 0.1) is 5.69 Å². The smallest absolute Gasteiger partial charge is 0.356 e. The first-order valence-electron chi connectivity index (χ1n) is 10.5. The molecule has 6 nitrogen and oxygen atoms in total. The van der Waals surface area contributed by atoms with E-state index in [1.807, 2.05) is 6.92 Å². The molecule has 0 atom stereocenters. The molecule has 0 unspecified atom stereocenters.